The lowest BCUT2D eigenvalue weighted by Gasteiger charge is -2.62. The first-order valence-electron chi connectivity index (χ1n) is 18.7. The van der Waals surface area contributed by atoms with E-state index in [0.29, 0.717) is 74.7 Å². The zero-order valence-electron chi connectivity index (χ0n) is 31.5. The molecule has 1 aromatic carbocycles. The molecule has 8 atom stereocenters. The van der Waals surface area contributed by atoms with E-state index in [1.165, 1.54) is 0 Å². The van der Waals surface area contributed by atoms with Crippen molar-refractivity contribution in [3.8, 4) is 5.75 Å². The van der Waals surface area contributed by atoms with Gasteiger partial charge in [-0.3, -0.25) is 10.1 Å². The molecule has 12 nitrogen and oxygen atoms in total. The number of hydrogen-bond donors (Lipinski definition) is 5. The van der Waals surface area contributed by atoms with Gasteiger partial charge in [-0.15, -0.1) is 0 Å². The Hall–Kier alpha value is -4.23. The Morgan fingerprint density at radius 3 is 2.62 bits per heavy atom. The van der Waals surface area contributed by atoms with Gasteiger partial charge in [0.15, 0.2) is 0 Å². The number of phenolic OH excluding ortho intramolecular Hbond substituents is 1. The molecule has 1 amide bonds. The second-order valence-corrected chi connectivity index (χ2v) is 15.8. The van der Waals surface area contributed by atoms with E-state index in [-0.39, 0.29) is 36.1 Å². The number of aliphatic hydroxyl groups is 2. The third kappa shape index (κ3) is 7.73. The number of aromatic hydroxyl groups is 1. The van der Waals surface area contributed by atoms with Crippen molar-refractivity contribution in [3.63, 3.8) is 0 Å². The molecule has 6 rings (SSSR count). The van der Waals surface area contributed by atoms with E-state index >= 15 is 0 Å². The molecule has 1 saturated heterocycles. The number of allylic oxidation sites excluding steroid dienone is 1. The molecule has 12 heteroatoms. The molecule has 0 spiro atoms. The summed E-state index contributed by atoms with van der Waals surface area (Å²) in [6.07, 6.45) is 6.59. The number of benzene rings is 1. The molecule has 2 saturated carbocycles. The summed E-state index contributed by atoms with van der Waals surface area (Å²) in [5.41, 5.74) is 1.48. The predicted octanol–water partition coefficient (Wildman–Crippen LogP) is 4.11. The van der Waals surface area contributed by atoms with Crippen molar-refractivity contribution < 1.29 is 34.4 Å². The lowest BCUT2D eigenvalue weighted by Crippen LogP contribution is -2.62. The maximum absolute atomic E-state index is 13.7. The number of aromatic nitrogens is 1. The molecule has 53 heavy (non-hydrogen) atoms. The van der Waals surface area contributed by atoms with E-state index in [9.17, 15) is 24.9 Å². The molecule has 5 unspecified atom stereocenters. The summed E-state index contributed by atoms with van der Waals surface area (Å²) in [5, 5.41) is 40.1. The van der Waals surface area contributed by atoms with Gasteiger partial charge >= 0.3 is 5.97 Å². The minimum Gasteiger partial charge on any atom is -0.507 e. The SMILES string of the molecule is C=C1C(NC(C)C(=O)N2CCOCC2)CC2[C@](C)(CC[C@@H](O)[C@@]2(C)CO)C1CC(Nc1ccccn1)C1=CC(=Cc2ccc(N(C)C)cc2O)OC1=O. The number of phenols is 1. The number of esters is 1. The molecule has 2 aliphatic carbocycles. The van der Waals surface area contributed by atoms with Crippen LogP contribution in [-0.4, -0.2) is 108 Å². The summed E-state index contributed by atoms with van der Waals surface area (Å²) in [6, 6.07) is 9.50. The van der Waals surface area contributed by atoms with Gasteiger partial charge in [0.2, 0.25) is 5.91 Å². The first kappa shape index (κ1) is 38.5. The van der Waals surface area contributed by atoms with E-state index in [1.807, 2.05) is 62.0 Å². The van der Waals surface area contributed by atoms with Gasteiger partial charge in [0.1, 0.15) is 17.3 Å². The summed E-state index contributed by atoms with van der Waals surface area (Å²) in [7, 11) is 3.78. The fourth-order valence-electron chi connectivity index (χ4n) is 9.12. The number of rotatable bonds is 11. The predicted molar refractivity (Wildman–Crippen MR) is 204 cm³/mol. The number of ether oxygens (including phenoxy) is 2. The number of fused-ring (bicyclic) bond motifs is 1. The van der Waals surface area contributed by atoms with E-state index in [0.717, 1.165) is 11.3 Å². The van der Waals surface area contributed by atoms with Crippen molar-refractivity contribution in [2.45, 2.75) is 70.7 Å². The number of carbonyl (C=O) groups excluding carboxylic acids is 2. The van der Waals surface area contributed by atoms with E-state index in [4.69, 9.17) is 9.47 Å². The second kappa shape index (κ2) is 15.6. The van der Waals surface area contributed by atoms with Gasteiger partial charge in [0, 0.05) is 62.2 Å². The van der Waals surface area contributed by atoms with Gasteiger partial charge in [-0.1, -0.05) is 32.1 Å². The molecule has 3 heterocycles. The van der Waals surface area contributed by atoms with Crippen LogP contribution in [0.15, 0.2) is 72.2 Å². The Kier molecular flexibility index (Phi) is 11.4. The van der Waals surface area contributed by atoms with Crippen molar-refractivity contribution in [2.75, 3.05) is 57.2 Å². The van der Waals surface area contributed by atoms with Crippen molar-refractivity contribution in [1.29, 1.82) is 0 Å². The molecule has 1 aromatic heterocycles. The maximum Gasteiger partial charge on any atom is 0.341 e. The number of anilines is 2. The molecular weight excluding hydrogens is 674 g/mol. The molecular formula is C41H55N5O7. The van der Waals surface area contributed by atoms with E-state index < -0.39 is 35.0 Å². The molecule has 0 radical (unpaired) electrons. The largest absolute Gasteiger partial charge is 0.507 e. The van der Waals surface area contributed by atoms with Crippen LogP contribution in [0.25, 0.3) is 6.08 Å². The molecule has 2 aliphatic heterocycles. The average Bonchev–Trinajstić information content (AvgIpc) is 3.52. The van der Waals surface area contributed by atoms with Crippen LogP contribution in [0, 0.1) is 22.7 Å². The van der Waals surface area contributed by atoms with Crippen molar-refractivity contribution in [2.24, 2.45) is 22.7 Å². The highest BCUT2D eigenvalue weighted by Crippen LogP contribution is 2.62. The Balaban J connectivity index is 1.36. The van der Waals surface area contributed by atoms with Gasteiger partial charge in [-0.05, 0) is 86.3 Å². The first-order valence-corrected chi connectivity index (χ1v) is 18.7. The highest BCUT2D eigenvalue weighted by atomic mass is 16.5. The van der Waals surface area contributed by atoms with E-state index in [1.54, 1.807) is 30.5 Å². The Morgan fingerprint density at radius 1 is 1.21 bits per heavy atom. The van der Waals surface area contributed by atoms with Crippen LogP contribution in [0.4, 0.5) is 11.5 Å². The summed E-state index contributed by atoms with van der Waals surface area (Å²) < 4.78 is 11.3. The number of morpholine rings is 1. The lowest BCUT2D eigenvalue weighted by atomic mass is 9.45. The summed E-state index contributed by atoms with van der Waals surface area (Å²) in [5.74, 6) is 0.113. The van der Waals surface area contributed by atoms with Crippen molar-refractivity contribution in [1.82, 2.24) is 15.2 Å². The molecule has 0 bridgehead atoms. The number of carbonyl (C=O) groups is 2. The zero-order chi connectivity index (χ0) is 38.1. The number of amides is 1. The quantitative estimate of drug-likeness (QED) is 0.168. The summed E-state index contributed by atoms with van der Waals surface area (Å²) >= 11 is 0. The van der Waals surface area contributed by atoms with Crippen LogP contribution in [-0.2, 0) is 19.1 Å². The Labute approximate surface area is 312 Å². The monoisotopic (exact) mass is 729 g/mol. The highest BCUT2D eigenvalue weighted by Gasteiger charge is 2.60. The summed E-state index contributed by atoms with van der Waals surface area (Å²) in [6.45, 7) is 12.6. The molecule has 4 aliphatic rings. The minimum absolute atomic E-state index is 0.00477. The number of hydrogen-bond acceptors (Lipinski definition) is 11. The fraction of sp³-hybridized carbons (Fsp3) is 0.537. The van der Waals surface area contributed by atoms with Gasteiger partial charge in [0.25, 0.3) is 0 Å². The van der Waals surface area contributed by atoms with Gasteiger partial charge in [-0.2, -0.15) is 0 Å². The number of cyclic esters (lactones) is 1. The standard InChI is InChI=1S/C41H55N5O7/c1-25-31(40(3)13-12-36(49)41(4,24-47)35(40)23-32(25)43-26(2)38(50)46-15-17-52-18-16-46)22-33(44-37-9-7-8-14-42-37)30-21-29(53-39(30)51)19-27-10-11-28(45(5)6)20-34(27)48/h7-11,14,19-21,26,31-33,35-36,43,47-49H,1,12-13,15-18,22-24H2,2-6H3,(H,42,44)/t26?,31?,32?,33?,35?,36-,40-,41+/m1/s1. The number of aliphatic hydroxyl groups excluding tert-OH is 2. The van der Waals surface area contributed by atoms with Gasteiger partial charge in [0.05, 0.1) is 43.6 Å². The smallest absolute Gasteiger partial charge is 0.341 e. The average molecular weight is 730 g/mol. The van der Waals surface area contributed by atoms with Crippen molar-refractivity contribution in [3.05, 3.63) is 77.7 Å². The topological polar surface area (TPSA) is 157 Å². The van der Waals surface area contributed by atoms with Crippen LogP contribution in [0.1, 0.15) is 52.0 Å². The van der Waals surface area contributed by atoms with Crippen LogP contribution in [0.5, 0.6) is 5.75 Å². The molecule has 2 aromatic rings. The maximum atomic E-state index is 13.7. The first-order chi connectivity index (χ1) is 25.2. The van der Waals surface area contributed by atoms with Gasteiger partial charge in [-0.25, -0.2) is 9.78 Å². The van der Waals surface area contributed by atoms with Crippen LogP contribution in [0.2, 0.25) is 0 Å². The summed E-state index contributed by atoms with van der Waals surface area (Å²) in [4.78, 5) is 35.5. The normalized spacial score (nSPS) is 30.7. The number of nitrogens with zero attached hydrogens (tertiary/aromatic N) is 3. The Morgan fingerprint density at radius 2 is 1.96 bits per heavy atom. The van der Waals surface area contributed by atoms with Crippen LogP contribution >= 0.6 is 0 Å². The van der Waals surface area contributed by atoms with E-state index in [2.05, 4.69) is 29.1 Å². The highest BCUT2D eigenvalue weighted by molar-refractivity contribution is 5.95. The van der Waals surface area contributed by atoms with Gasteiger partial charge < -0.3 is 39.9 Å². The number of nitrogens with one attached hydrogen (secondary N) is 2. The number of pyridine rings is 1. The third-order valence-electron chi connectivity index (χ3n) is 12.4. The van der Waals surface area contributed by atoms with Crippen LogP contribution in [0.3, 0.4) is 0 Å². The Bertz CT molecular complexity index is 1740. The van der Waals surface area contributed by atoms with Crippen LogP contribution < -0.4 is 15.5 Å². The third-order valence-corrected chi connectivity index (χ3v) is 12.4. The minimum atomic E-state index is -0.793. The lowest BCUT2D eigenvalue weighted by molar-refractivity contribution is -0.157. The zero-order valence-corrected chi connectivity index (χ0v) is 31.5. The molecule has 3 fully saturated rings. The molecule has 5 N–H and O–H groups in total. The second-order valence-electron chi connectivity index (χ2n) is 15.8. The fourth-order valence-corrected chi connectivity index (χ4v) is 9.12. The van der Waals surface area contributed by atoms with Crippen molar-refractivity contribution >= 4 is 29.5 Å². The molecule has 286 valence electrons.